The highest BCUT2D eigenvalue weighted by Gasteiger charge is 2.43. The third-order valence-electron chi connectivity index (χ3n) is 16.4. The van der Waals surface area contributed by atoms with Crippen molar-refractivity contribution >= 4 is 61.2 Å². The Morgan fingerprint density at radius 2 is 0.963 bits per heavy atom. The van der Waals surface area contributed by atoms with Gasteiger partial charge in [-0.25, -0.2) is 14.0 Å². The topological polar surface area (TPSA) is 159 Å². The van der Waals surface area contributed by atoms with Crippen molar-refractivity contribution in [3.05, 3.63) is 178 Å². The number of imide groups is 1. The summed E-state index contributed by atoms with van der Waals surface area (Å²) in [4.78, 5) is 92.7. The van der Waals surface area contributed by atoms with Crippen molar-refractivity contribution in [1.29, 1.82) is 0 Å². The third-order valence-corrected chi connectivity index (χ3v) is 16.4. The van der Waals surface area contributed by atoms with E-state index >= 15 is 0 Å². The average Bonchev–Trinajstić information content (AvgIpc) is 3.11. The molecule has 15 nitrogen and oxygen atoms in total. The molecule has 2 amide bonds. The molecular formula is C66H61N5O10. The van der Waals surface area contributed by atoms with Crippen molar-refractivity contribution in [3.8, 4) is 45.5 Å². The van der Waals surface area contributed by atoms with Gasteiger partial charge in [0.25, 0.3) is 34.1 Å². The molecule has 1 saturated heterocycles. The van der Waals surface area contributed by atoms with Gasteiger partial charge in [0.05, 0.1) is 44.2 Å². The molecule has 2 aromatic heterocycles. The van der Waals surface area contributed by atoms with E-state index in [9.17, 15) is 28.8 Å². The number of carbonyl (C=O) groups excluding carboxylic acids is 2. The van der Waals surface area contributed by atoms with Crippen molar-refractivity contribution in [1.82, 2.24) is 9.13 Å². The van der Waals surface area contributed by atoms with Gasteiger partial charge in [-0.1, -0.05) is 77.9 Å². The second-order valence-electron chi connectivity index (χ2n) is 24.9. The van der Waals surface area contributed by atoms with Crippen LogP contribution in [0.1, 0.15) is 112 Å². The van der Waals surface area contributed by atoms with Gasteiger partial charge >= 0.3 is 0 Å². The van der Waals surface area contributed by atoms with Crippen LogP contribution in [0.3, 0.4) is 0 Å². The molecule has 1 fully saturated rings. The van der Waals surface area contributed by atoms with Gasteiger partial charge in [0.15, 0.2) is 23.0 Å². The molecule has 0 spiro atoms. The van der Waals surface area contributed by atoms with Gasteiger partial charge in [0.2, 0.25) is 11.6 Å². The summed E-state index contributed by atoms with van der Waals surface area (Å²) in [5.41, 5.74) is 4.99. The van der Waals surface area contributed by atoms with Gasteiger partial charge in [-0.15, -0.1) is 0 Å². The first kappa shape index (κ1) is 51.5. The Balaban J connectivity index is 0.770. The second-order valence-corrected chi connectivity index (χ2v) is 24.9. The van der Waals surface area contributed by atoms with Crippen molar-refractivity contribution in [2.75, 3.05) is 40.9 Å². The lowest BCUT2D eigenvalue weighted by Crippen LogP contribution is -2.46. The number of fused-ring (bicyclic) bond motifs is 4. The van der Waals surface area contributed by atoms with Gasteiger partial charge < -0.3 is 28.7 Å². The number of aromatic nitrogens is 2. The smallest absolute Gasteiger partial charge is 0.266 e. The molecule has 0 atom stereocenters. The summed E-state index contributed by atoms with van der Waals surface area (Å²) in [6, 6.07) is 31.3. The number of ether oxygens (including phenoxy) is 4. The minimum Gasteiger partial charge on any atom is -0.449 e. The van der Waals surface area contributed by atoms with E-state index in [1.165, 1.54) is 21.6 Å². The van der Waals surface area contributed by atoms with E-state index in [1.54, 1.807) is 38.1 Å². The van der Waals surface area contributed by atoms with Crippen LogP contribution in [0.5, 0.6) is 23.0 Å². The van der Waals surface area contributed by atoms with Crippen molar-refractivity contribution < 1.29 is 28.5 Å². The fourth-order valence-corrected chi connectivity index (χ4v) is 12.4. The maximum Gasteiger partial charge on any atom is 0.266 e. The van der Waals surface area contributed by atoms with Crippen LogP contribution >= 0.6 is 0 Å². The zero-order valence-corrected chi connectivity index (χ0v) is 47.5. The molecular weight excluding hydrogens is 1020 g/mol. The van der Waals surface area contributed by atoms with Crippen LogP contribution in [-0.2, 0) is 10.8 Å². The highest BCUT2D eigenvalue weighted by molar-refractivity contribution is 6.36. The molecule has 0 N–H and O–H groups in total. The molecule has 4 aliphatic heterocycles. The molecule has 81 heavy (non-hydrogen) atoms. The Morgan fingerprint density at radius 3 is 1.51 bits per heavy atom. The molecule has 13 rings (SSSR count). The highest BCUT2D eigenvalue weighted by Crippen LogP contribution is 2.58. The lowest BCUT2D eigenvalue weighted by atomic mass is 9.81. The molecule has 0 unspecified atom stereocenters. The lowest BCUT2D eigenvalue weighted by Gasteiger charge is -2.38. The molecule has 0 saturated carbocycles. The number of hydrogen-bond donors (Lipinski definition) is 0. The van der Waals surface area contributed by atoms with E-state index in [4.69, 9.17) is 18.9 Å². The normalized spacial score (nSPS) is 16.5. The average molecular weight is 1080 g/mol. The van der Waals surface area contributed by atoms with Crippen LogP contribution in [0.25, 0.3) is 54.8 Å². The Hall–Kier alpha value is -8.98. The fraction of sp³-hybridized carbons (Fsp3) is 0.303. The van der Waals surface area contributed by atoms with Crippen LogP contribution in [0.4, 0.5) is 17.1 Å². The van der Waals surface area contributed by atoms with Gasteiger partial charge in [-0.3, -0.25) is 28.8 Å². The Kier molecular flexibility index (Phi) is 11.0. The summed E-state index contributed by atoms with van der Waals surface area (Å²) < 4.78 is 27.1. The zero-order chi connectivity index (χ0) is 57.3. The molecule has 0 aliphatic carbocycles. The molecule has 15 heteroatoms. The number of rotatable bonds is 6. The number of hydrogen-bond acceptors (Lipinski definition) is 12. The first-order chi connectivity index (χ1) is 38.2. The van der Waals surface area contributed by atoms with E-state index in [0.29, 0.717) is 75.1 Å². The van der Waals surface area contributed by atoms with Gasteiger partial charge in [0.1, 0.15) is 0 Å². The third kappa shape index (κ3) is 7.89. The lowest BCUT2D eigenvalue weighted by molar-refractivity contribution is -0.0477. The van der Waals surface area contributed by atoms with E-state index in [2.05, 4.69) is 54.8 Å². The zero-order valence-electron chi connectivity index (χ0n) is 47.5. The summed E-state index contributed by atoms with van der Waals surface area (Å²) in [6.07, 6.45) is 0. The Bertz CT molecular complexity index is 4350. The van der Waals surface area contributed by atoms with Crippen LogP contribution < -0.4 is 55.9 Å². The monoisotopic (exact) mass is 1080 g/mol. The van der Waals surface area contributed by atoms with E-state index in [0.717, 1.165) is 56.7 Å². The number of amides is 2. The summed E-state index contributed by atoms with van der Waals surface area (Å²) in [5.74, 6) is -0.226. The van der Waals surface area contributed by atoms with Gasteiger partial charge in [0, 0.05) is 93.2 Å². The van der Waals surface area contributed by atoms with Crippen LogP contribution in [-0.4, -0.2) is 58.7 Å². The predicted molar refractivity (Wildman–Crippen MR) is 316 cm³/mol. The quantitative estimate of drug-likeness (QED) is 0.145. The maximum absolute atomic E-state index is 14.7. The minimum atomic E-state index is -0.843. The standard InChI is InChI=1S/C66H61N5O10/c1-34-29-49(70-59(74)42-31-44-45(32-43(42)60(70)75)62(77)71(61(44)76)50-30-37(63(3,4)5)18-22-46(50)64(6,7)8)35(2)28-48(34)69-57(72)40-15-13-14-39-47(23-21-41(54(39)40)58(69)73)68-26-24-67(25-27-68)38-19-16-36(17-20-38)53-55-51(78-65(9,10)80-55)33-52-56(53)81-66(11,12)79-52/h13-23,28-33H,24-27H2,1-12H3. The van der Waals surface area contributed by atoms with Crippen molar-refractivity contribution in [2.45, 2.75) is 105 Å². The molecule has 9 aromatic rings. The summed E-state index contributed by atoms with van der Waals surface area (Å²) in [5, 5.41) is 1.48. The van der Waals surface area contributed by atoms with E-state index in [1.807, 2.05) is 90.9 Å². The van der Waals surface area contributed by atoms with Crippen LogP contribution in [0.2, 0.25) is 0 Å². The van der Waals surface area contributed by atoms with Crippen LogP contribution in [0, 0.1) is 13.8 Å². The molecule has 7 aromatic carbocycles. The predicted octanol–water partition coefficient (Wildman–Crippen LogP) is 11.1. The highest BCUT2D eigenvalue weighted by atomic mass is 16.7. The summed E-state index contributed by atoms with van der Waals surface area (Å²) >= 11 is 0. The Labute approximate surface area is 466 Å². The number of anilines is 3. The van der Waals surface area contributed by atoms with E-state index in [-0.39, 0.29) is 32.6 Å². The van der Waals surface area contributed by atoms with Crippen molar-refractivity contribution in [2.24, 2.45) is 0 Å². The number of carbonyl (C=O) groups is 2. The SMILES string of the molecule is Cc1cc(-n2c(=O)c3cc4c(=O)n(-c5cc(C(C)(C)C)ccc5C(C)(C)C)c(=O)c4cc3c2=O)c(C)cc1N1C(=O)c2cccc3c(N4CCN(c5ccc(-c6c7c(cc8c6OC(C)(C)O8)OC(C)(C)O7)cc5)CC4)ccc(c23)C1=O. The minimum absolute atomic E-state index is 0.00207. The number of nitrogens with zero attached hydrogens (tertiary/aromatic N) is 5. The molecule has 410 valence electrons. The number of aryl methyl sites for hydroxylation is 2. The molecule has 0 radical (unpaired) electrons. The molecule has 0 bridgehead atoms. The fourth-order valence-electron chi connectivity index (χ4n) is 12.4. The first-order valence-electron chi connectivity index (χ1n) is 27.4. The van der Waals surface area contributed by atoms with Crippen LogP contribution in [0.15, 0.2) is 122 Å². The van der Waals surface area contributed by atoms with E-state index < -0.39 is 51.0 Å². The Morgan fingerprint density at radius 1 is 0.457 bits per heavy atom. The van der Waals surface area contributed by atoms with Gasteiger partial charge in [-0.05, 0) is 113 Å². The summed E-state index contributed by atoms with van der Waals surface area (Å²) in [7, 11) is 0. The van der Waals surface area contributed by atoms with Gasteiger partial charge in [-0.2, -0.15) is 0 Å². The number of piperazine rings is 1. The molecule has 4 aliphatic rings. The first-order valence-corrected chi connectivity index (χ1v) is 27.4. The number of benzene rings is 7. The molecule has 6 heterocycles. The summed E-state index contributed by atoms with van der Waals surface area (Å²) in [6.45, 7) is 26.0. The largest absolute Gasteiger partial charge is 0.449 e. The maximum atomic E-state index is 14.7. The van der Waals surface area contributed by atoms with Crippen molar-refractivity contribution in [3.63, 3.8) is 0 Å². The second kappa shape index (κ2) is 17.3.